The Labute approximate surface area is 99.2 Å². The van der Waals surface area contributed by atoms with Gasteiger partial charge >= 0.3 is 0 Å². The quantitative estimate of drug-likeness (QED) is 0.665. The van der Waals surface area contributed by atoms with E-state index in [9.17, 15) is 8.42 Å². The minimum atomic E-state index is -3.08. The second kappa shape index (κ2) is 6.21. The number of hydrogen-bond donors (Lipinski definition) is 0. The first-order chi connectivity index (χ1) is 7.24. The summed E-state index contributed by atoms with van der Waals surface area (Å²) in [5.41, 5.74) is 0. The molecule has 5 heteroatoms. The molecule has 0 saturated heterocycles. The maximum atomic E-state index is 11.9. The summed E-state index contributed by atoms with van der Waals surface area (Å²) in [5, 5.41) is 8.61. The van der Waals surface area contributed by atoms with Gasteiger partial charge in [-0.25, -0.2) is 8.42 Å². The van der Waals surface area contributed by atoms with Crippen molar-refractivity contribution in [2.75, 3.05) is 25.4 Å². The van der Waals surface area contributed by atoms with E-state index < -0.39 is 14.6 Å². The van der Waals surface area contributed by atoms with Crippen molar-refractivity contribution in [1.29, 1.82) is 5.26 Å². The summed E-state index contributed by atoms with van der Waals surface area (Å²) < 4.78 is 23.0. The van der Waals surface area contributed by atoms with Gasteiger partial charge in [0.05, 0.1) is 23.1 Å². The first kappa shape index (κ1) is 15.4. The third-order valence-corrected chi connectivity index (χ3v) is 5.03. The van der Waals surface area contributed by atoms with E-state index in [1.165, 1.54) is 0 Å². The topological polar surface area (TPSA) is 61.2 Å². The molecule has 0 bridgehead atoms. The Balaban J connectivity index is 4.37. The summed E-state index contributed by atoms with van der Waals surface area (Å²) in [6, 6.07) is 2.06. The molecule has 0 saturated carbocycles. The molecule has 0 radical (unpaired) electrons. The van der Waals surface area contributed by atoms with E-state index in [1.54, 1.807) is 20.8 Å². The predicted octanol–water partition coefficient (Wildman–Crippen LogP) is 1.44. The van der Waals surface area contributed by atoms with Crippen LogP contribution in [0.4, 0.5) is 0 Å². The van der Waals surface area contributed by atoms with Gasteiger partial charge in [-0.1, -0.05) is 6.92 Å². The fraction of sp³-hybridized carbons (Fsp3) is 0.909. The molecule has 0 aromatic carbocycles. The Morgan fingerprint density at radius 2 is 1.81 bits per heavy atom. The van der Waals surface area contributed by atoms with Crippen molar-refractivity contribution >= 4 is 9.84 Å². The maximum Gasteiger partial charge on any atom is 0.156 e. The van der Waals surface area contributed by atoms with E-state index in [0.29, 0.717) is 13.1 Å². The molecule has 0 amide bonds. The van der Waals surface area contributed by atoms with Crippen LogP contribution in [-0.2, 0) is 9.84 Å². The lowest BCUT2D eigenvalue weighted by atomic mass is 10.3. The molecule has 0 unspecified atom stereocenters. The zero-order chi connectivity index (χ0) is 12.8. The first-order valence-corrected chi connectivity index (χ1v) is 7.21. The summed E-state index contributed by atoms with van der Waals surface area (Å²) in [6.07, 6.45) is 0.928. The molecule has 94 valence electrons. The molecule has 0 aliphatic rings. The molecular weight excluding hydrogens is 224 g/mol. The highest BCUT2D eigenvalue weighted by molar-refractivity contribution is 7.92. The normalized spacial score (nSPS) is 12.8. The summed E-state index contributed by atoms with van der Waals surface area (Å²) in [7, 11) is -3.08. The first-order valence-electron chi connectivity index (χ1n) is 5.56. The van der Waals surface area contributed by atoms with Gasteiger partial charge in [-0.3, -0.25) is 4.90 Å². The molecule has 0 heterocycles. The number of sulfone groups is 1. The fourth-order valence-corrected chi connectivity index (χ4v) is 2.35. The zero-order valence-corrected chi connectivity index (χ0v) is 11.5. The van der Waals surface area contributed by atoms with Crippen LogP contribution in [0.1, 0.15) is 34.1 Å². The van der Waals surface area contributed by atoms with E-state index >= 15 is 0 Å². The van der Waals surface area contributed by atoms with Gasteiger partial charge in [-0.15, -0.1) is 0 Å². The fourth-order valence-electron chi connectivity index (χ4n) is 1.24. The van der Waals surface area contributed by atoms with Crippen LogP contribution < -0.4 is 0 Å². The van der Waals surface area contributed by atoms with Crippen LogP contribution in [0.2, 0.25) is 0 Å². The standard InChI is InChI=1S/C11H22N2O2S/c1-5-7-13(8-6-12)9-10-16(14,15)11(2,3)4/h5,7-10H2,1-4H3. The van der Waals surface area contributed by atoms with Gasteiger partial charge in [0.15, 0.2) is 9.84 Å². The second-order valence-electron chi connectivity index (χ2n) is 4.87. The van der Waals surface area contributed by atoms with Gasteiger partial charge in [0.1, 0.15) is 0 Å². The summed E-state index contributed by atoms with van der Waals surface area (Å²) in [4.78, 5) is 1.88. The molecule has 0 fully saturated rings. The Morgan fingerprint density at radius 1 is 1.25 bits per heavy atom. The highest BCUT2D eigenvalue weighted by Crippen LogP contribution is 2.15. The van der Waals surface area contributed by atoms with Gasteiger partial charge in [-0.05, 0) is 33.7 Å². The van der Waals surface area contributed by atoms with Crippen LogP contribution in [-0.4, -0.2) is 43.5 Å². The largest absolute Gasteiger partial charge is 0.290 e. The van der Waals surface area contributed by atoms with Crippen LogP contribution >= 0.6 is 0 Å². The summed E-state index contributed by atoms with van der Waals surface area (Å²) in [6.45, 7) is 8.65. The Hall–Kier alpha value is -0.600. The highest BCUT2D eigenvalue weighted by atomic mass is 32.2. The third-order valence-electron chi connectivity index (χ3n) is 2.44. The van der Waals surface area contributed by atoms with Crippen molar-refractivity contribution in [1.82, 2.24) is 4.90 Å². The average molecular weight is 246 g/mol. The Bertz CT molecular complexity index is 336. The molecule has 16 heavy (non-hydrogen) atoms. The molecule has 0 rings (SSSR count). The summed E-state index contributed by atoms with van der Waals surface area (Å²) >= 11 is 0. The predicted molar refractivity (Wildman–Crippen MR) is 65.9 cm³/mol. The molecular formula is C11H22N2O2S. The van der Waals surface area contributed by atoms with Crippen LogP contribution in [0.5, 0.6) is 0 Å². The number of hydrogen-bond acceptors (Lipinski definition) is 4. The van der Waals surface area contributed by atoms with Crippen molar-refractivity contribution in [2.24, 2.45) is 0 Å². The molecule has 0 N–H and O–H groups in total. The Morgan fingerprint density at radius 3 is 2.19 bits per heavy atom. The zero-order valence-electron chi connectivity index (χ0n) is 10.7. The lowest BCUT2D eigenvalue weighted by molar-refractivity contribution is 0.323. The smallest absolute Gasteiger partial charge is 0.156 e. The van der Waals surface area contributed by atoms with Crippen molar-refractivity contribution in [3.05, 3.63) is 0 Å². The molecule has 0 aliphatic heterocycles. The monoisotopic (exact) mass is 246 g/mol. The highest BCUT2D eigenvalue weighted by Gasteiger charge is 2.28. The summed E-state index contributed by atoms with van der Waals surface area (Å²) in [5.74, 6) is 0.123. The van der Waals surface area contributed by atoms with Gasteiger partial charge < -0.3 is 0 Å². The third kappa shape index (κ3) is 4.95. The van der Waals surface area contributed by atoms with Gasteiger partial charge in [0.2, 0.25) is 0 Å². The van der Waals surface area contributed by atoms with E-state index in [2.05, 4.69) is 6.07 Å². The van der Waals surface area contributed by atoms with Crippen molar-refractivity contribution in [3.63, 3.8) is 0 Å². The molecule has 0 aliphatic carbocycles. The minimum absolute atomic E-state index is 0.123. The van der Waals surface area contributed by atoms with Crippen LogP contribution in [0.15, 0.2) is 0 Å². The van der Waals surface area contributed by atoms with E-state index in [1.807, 2.05) is 11.8 Å². The van der Waals surface area contributed by atoms with Crippen molar-refractivity contribution in [3.8, 4) is 6.07 Å². The van der Waals surface area contributed by atoms with Gasteiger partial charge in [-0.2, -0.15) is 5.26 Å². The van der Waals surface area contributed by atoms with Gasteiger partial charge in [0.25, 0.3) is 0 Å². The van der Waals surface area contributed by atoms with Crippen molar-refractivity contribution < 1.29 is 8.42 Å². The lowest BCUT2D eigenvalue weighted by Crippen LogP contribution is -2.37. The molecule has 4 nitrogen and oxygen atoms in total. The maximum absolute atomic E-state index is 11.9. The van der Waals surface area contributed by atoms with Crippen molar-refractivity contribution in [2.45, 2.75) is 38.9 Å². The number of rotatable bonds is 6. The van der Waals surface area contributed by atoms with Crippen LogP contribution in [0.3, 0.4) is 0 Å². The molecule has 0 aromatic rings. The average Bonchev–Trinajstić information content (AvgIpc) is 2.13. The van der Waals surface area contributed by atoms with Crippen LogP contribution in [0, 0.1) is 11.3 Å². The molecule has 0 atom stereocenters. The second-order valence-corrected chi connectivity index (χ2v) is 7.73. The SMILES string of the molecule is CCCN(CC#N)CCS(=O)(=O)C(C)(C)C. The molecule has 0 aromatic heterocycles. The van der Waals surface area contributed by atoms with E-state index in [0.717, 1.165) is 13.0 Å². The number of nitriles is 1. The van der Waals surface area contributed by atoms with E-state index in [4.69, 9.17) is 5.26 Å². The van der Waals surface area contributed by atoms with E-state index in [-0.39, 0.29) is 5.75 Å². The minimum Gasteiger partial charge on any atom is -0.290 e. The van der Waals surface area contributed by atoms with Gasteiger partial charge in [0, 0.05) is 6.54 Å². The van der Waals surface area contributed by atoms with Crippen LogP contribution in [0.25, 0.3) is 0 Å². The molecule has 0 spiro atoms. The Kier molecular flexibility index (Phi) is 5.98. The number of nitrogens with zero attached hydrogens (tertiary/aromatic N) is 2. The lowest BCUT2D eigenvalue weighted by Gasteiger charge is -2.23.